The normalized spacial score (nSPS) is 14.7. The second-order valence-corrected chi connectivity index (χ2v) is 3.98. The average Bonchev–Trinajstić information content (AvgIpc) is 2.29. The third-order valence-electron chi connectivity index (χ3n) is 2.68. The summed E-state index contributed by atoms with van der Waals surface area (Å²) in [6.45, 7) is 2.87. The summed E-state index contributed by atoms with van der Waals surface area (Å²) in [4.78, 5) is 0. The molecule has 0 radical (unpaired) electrons. The quantitative estimate of drug-likeness (QED) is 0.764. The molecule has 84 valence electrons. The second kappa shape index (κ2) is 5.14. The monoisotopic (exact) mass is 209 g/mol. The molecule has 0 fully saturated rings. The van der Waals surface area contributed by atoms with E-state index >= 15 is 0 Å². The molecular formula is C12H19NO2. The summed E-state index contributed by atoms with van der Waals surface area (Å²) in [7, 11) is 3.53. The van der Waals surface area contributed by atoms with Crippen LogP contribution in [0.25, 0.3) is 0 Å². The molecule has 0 aliphatic heterocycles. The Morgan fingerprint density at radius 3 is 2.73 bits per heavy atom. The van der Waals surface area contributed by atoms with Crippen molar-refractivity contribution in [2.75, 3.05) is 27.3 Å². The number of hydrogen-bond donors (Lipinski definition) is 2. The molecule has 1 atom stereocenters. The molecule has 0 bridgehead atoms. The van der Waals surface area contributed by atoms with Crippen LogP contribution in [0.1, 0.15) is 12.5 Å². The highest BCUT2D eigenvalue weighted by molar-refractivity contribution is 5.33. The minimum Gasteiger partial charge on any atom is -0.497 e. The molecule has 0 heterocycles. The van der Waals surface area contributed by atoms with E-state index in [4.69, 9.17) is 4.74 Å². The maximum absolute atomic E-state index is 9.45. The molecule has 0 saturated carbocycles. The molecule has 0 aliphatic rings. The molecule has 0 saturated heterocycles. The van der Waals surface area contributed by atoms with Crippen molar-refractivity contribution in [1.29, 1.82) is 0 Å². The summed E-state index contributed by atoms with van der Waals surface area (Å²) < 4.78 is 5.17. The van der Waals surface area contributed by atoms with E-state index in [2.05, 4.69) is 5.32 Å². The topological polar surface area (TPSA) is 41.5 Å². The molecule has 2 N–H and O–H groups in total. The fourth-order valence-electron chi connectivity index (χ4n) is 1.64. The molecule has 0 aliphatic carbocycles. The number of rotatable bonds is 5. The van der Waals surface area contributed by atoms with Crippen LogP contribution in [0.4, 0.5) is 0 Å². The van der Waals surface area contributed by atoms with E-state index in [1.54, 1.807) is 7.11 Å². The van der Waals surface area contributed by atoms with E-state index in [1.807, 2.05) is 38.2 Å². The molecule has 15 heavy (non-hydrogen) atoms. The highest BCUT2D eigenvalue weighted by atomic mass is 16.5. The van der Waals surface area contributed by atoms with Gasteiger partial charge in [0.05, 0.1) is 13.7 Å². The lowest BCUT2D eigenvalue weighted by Crippen LogP contribution is -2.37. The Bertz CT molecular complexity index is 314. The number of aliphatic hydroxyl groups is 1. The van der Waals surface area contributed by atoms with Gasteiger partial charge in [-0.05, 0) is 24.7 Å². The maximum atomic E-state index is 9.45. The lowest BCUT2D eigenvalue weighted by atomic mass is 9.83. The molecule has 1 rings (SSSR count). The summed E-state index contributed by atoms with van der Waals surface area (Å²) in [5, 5.41) is 12.5. The number of methoxy groups -OCH3 is 1. The van der Waals surface area contributed by atoms with Crippen LogP contribution in [0.3, 0.4) is 0 Å². The van der Waals surface area contributed by atoms with Crippen LogP contribution in [-0.2, 0) is 5.41 Å². The van der Waals surface area contributed by atoms with Gasteiger partial charge in [-0.15, -0.1) is 0 Å². The first-order valence-corrected chi connectivity index (χ1v) is 5.06. The van der Waals surface area contributed by atoms with Gasteiger partial charge in [-0.3, -0.25) is 0 Å². The highest BCUT2D eigenvalue weighted by Crippen LogP contribution is 2.25. The van der Waals surface area contributed by atoms with Crippen molar-refractivity contribution in [1.82, 2.24) is 5.32 Å². The molecule has 0 aromatic heterocycles. The maximum Gasteiger partial charge on any atom is 0.119 e. The molecule has 1 aromatic rings. The zero-order valence-electron chi connectivity index (χ0n) is 9.58. The Labute approximate surface area is 91.1 Å². The van der Waals surface area contributed by atoms with Crippen LogP contribution in [0.2, 0.25) is 0 Å². The average molecular weight is 209 g/mol. The summed E-state index contributed by atoms with van der Waals surface area (Å²) in [6.07, 6.45) is 0. The minimum absolute atomic E-state index is 0.112. The Morgan fingerprint density at radius 1 is 1.47 bits per heavy atom. The third-order valence-corrected chi connectivity index (χ3v) is 2.68. The molecule has 1 aromatic carbocycles. The summed E-state index contributed by atoms with van der Waals surface area (Å²) in [6, 6.07) is 7.82. The third kappa shape index (κ3) is 2.70. The number of nitrogens with one attached hydrogen (secondary N) is 1. The zero-order chi connectivity index (χ0) is 11.3. The fraction of sp³-hybridized carbons (Fsp3) is 0.500. The van der Waals surface area contributed by atoms with Crippen LogP contribution in [0, 0.1) is 0 Å². The second-order valence-electron chi connectivity index (χ2n) is 3.98. The summed E-state index contributed by atoms with van der Waals surface area (Å²) in [5.74, 6) is 0.822. The van der Waals surface area contributed by atoms with Crippen LogP contribution in [0.15, 0.2) is 24.3 Å². The number of likely N-dealkylation sites (N-methyl/N-ethyl adjacent to an activating group) is 1. The number of benzene rings is 1. The number of ether oxygens (including phenoxy) is 1. The first-order valence-electron chi connectivity index (χ1n) is 5.06. The van der Waals surface area contributed by atoms with Crippen molar-refractivity contribution < 1.29 is 9.84 Å². The minimum atomic E-state index is -0.261. The fourth-order valence-corrected chi connectivity index (χ4v) is 1.64. The predicted octanol–water partition coefficient (Wildman–Crippen LogP) is 1.16. The van der Waals surface area contributed by atoms with E-state index in [1.165, 1.54) is 0 Å². The first-order chi connectivity index (χ1) is 7.16. The standard InChI is InChI=1S/C12H19NO2/c1-12(9-14,8-13-2)10-5-4-6-11(7-10)15-3/h4-7,13-14H,8-9H2,1-3H3. The Balaban J connectivity index is 3.00. The van der Waals surface area contributed by atoms with Gasteiger partial charge in [0.25, 0.3) is 0 Å². The molecular weight excluding hydrogens is 190 g/mol. The largest absolute Gasteiger partial charge is 0.497 e. The van der Waals surface area contributed by atoms with E-state index in [0.29, 0.717) is 0 Å². The molecule has 3 nitrogen and oxygen atoms in total. The van der Waals surface area contributed by atoms with Crippen LogP contribution in [-0.4, -0.2) is 32.4 Å². The first kappa shape index (κ1) is 12.0. The van der Waals surface area contributed by atoms with Crippen molar-refractivity contribution in [3.05, 3.63) is 29.8 Å². The SMILES string of the molecule is CNCC(C)(CO)c1cccc(OC)c1. The van der Waals surface area contributed by atoms with Gasteiger partial charge in [0.2, 0.25) is 0 Å². The molecule has 3 heteroatoms. The lowest BCUT2D eigenvalue weighted by Gasteiger charge is -2.27. The van der Waals surface area contributed by atoms with Crippen molar-refractivity contribution in [3.8, 4) is 5.75 Å². The lowest BCUT2D eigenvalue weighted by molar-refractivity contribution is 0.203. The summed E-state index contributed by atoms with van der Waals surface area (Å²) in [5.41, 5.74) is 0.822. The van der Waals surface area contributed by atoms with E-state index < -0.39 is 0 Å². The van der Waals surface area contributed by atoms with Gasteiger partial charge in [0.1, 0.15) is 5.75 Å². The van der Waals surface area contributed by atoms with Crippen LogP contribution >= 0.6 is 0 Å². The Hall–Kier alpha value is -1.06. The van der Waals surface area contributed by atoms with Gasteiger partial charge in [-0.1, -0.05) is 19.1 Å². The van der Waals surface area contributed by atoms with Gasteiger partial charge in [-0.25, -0.2) is 0 Å². The Kier molecular flexibility index (Phi) is 4.12. The molecule has 0 spiro atoms. The smallest absolute Gasteiger partial charge is 0.119 e. The zero-order valence-corrected chi connectivity index (χ0v) is 9.58. The van der Waals surface area contributed by atoms with Gasteiger partial charge in [-0.2, -0.15) is 0 Å². The van der Waals surface area contributed by atoms with Crippen molar-refractivity contribution in [2.45, 2.75) is 12.3 Å². The van der Waals surface area contributed by atoms with E-state index in [0.717, 1.165) is 17.9 Å². The predicted molar refractivity (Wildman–Crippen MR) is 61.4 cm³/mol. The van der Waals surface area contributed by atoms with Crippen molar-refractivity contribution >= 4 is 0 Å². The van der Waals surface area contributed by atoms with Gasteiger partial charge in [0, 0.05) is 12.0 Å². The van der Waals surface area contributed by atoms with Crippen LogP contribution in [0.5, 0.6) is 5.75 Å². The summed E-state index contributed by atoms with van der Waals surface area (Å²) >= 11 is 0. The van der Waals surface area contributed by atoms with Crippen molar-refractivity contribution in [2.24, 2.45) is 0 Å². The van der Waals surface area contributed by atoms with E-state index in [-0.39, 0.29) is 12.0 Å². The molecule has 1 unspecified atom stereocenters. The van der Waals surface area contributed by atoms with Gasteiger partial charge >= 0.3 is 0 Å². The van der Waals surface area contributed by atoms with E-state index in [9.17, 15) is 5.11 Å². The Morgan fingerprint density at radius 2 is 2.20 bits per heavy atom. The number of hydrogen-bond acceptors (Lipinski definition) is 3. The van der Waals surface area contributed by atoms with Crippen molar-refractivity contribution in [3.63, 3.8) is 0 Å². The van der Waals surface area contributed by atoms with Crippen LogP contribution < -0.4 is 10.1 Å². The highest BCUT2D eigenvalue weighted by Gasteiger charge is 2.25. The number of aliphatic hydroxyl groups excluding tert-OH is 1. The van der Waals surface area contributed by atoms with Gasteiger partial charge in [0.15, 0.2) is 0 Å². The molecule has 0 amide bonds. The van der Waals surface area contributed by atoms with Gasteiger partial charge < -0.3 is 15.2 Å².